The summed E-state index contributed by atoms with van der Waals surface area (Å²) in [6.07, 6.45) is 0. The van der Waals surface area contributed by atoms with E-state index in [4.69, 9.17) is 20.2 Å². The zero-order valence-electron chi connectivity index (χ0n) is 13.6. The first-order valence-electron chi connectivity index (χ1n) is 7.31. The molecule has 0 unspecified atom stereocenters. The van der Waals surface area contributed by atoms with Gasteiger partial charge in [0.15, 0.2) is 0 Å². The Kier molecular flexibility index (Phi) is 4.09. The van der Waals surface area contributed by atoms with Crippen LogP contribution in [0.3, 0.4) is 0 Å². The summed E-state index contributed by atoms with van der Waals surface area (Å²) in [7, 11) is 3.22. The largest absolute Gasteiger partial charge is 0.497 e. The van der Waals surface area contributed by atoms with Crippen molar-refractivity contribution in [3.63, 3.8) is 0 Å². The minimum absolute atomic E-state index is 0.395. The van der Waals surface area contributed by atoms with E-state index < -0.39 is 0 Å². The van der Waals surface area contributed by atoms with Crippen molar-refractivity contribution in [1.29, 1.82) is 0 Å². The van der Waals surface area contributed by atoms with Gasteiger partial charge in [0.05, 0.1) is 41.5 Å². The third-order valence-corrected chi connectivity index (χ3v) is 4.76. The molecule has 2 N–H and O–H groups in total. The van der Waals surface area contributed by atoms with Crippen LogP contribution in [0.5, 0.6) is 11.5 Å². The lowest BCUT2D eigenvalue weighted by Crippen LogP contribution is -1.97. The molecule has 1 aromatic carbocycles. The van der Waals surface area contributed by atoms with Crippen molar-refractivity contribution in [2.45, 2.75) is 19.8 Å². The molecule has 5 nitrogen and oxygen atoms in total. The number of nitrogen functional groups attached to an aromatic ring is 1. The number of ether oxygens (including phenoxy) is 2. The number of pyridine rings is 1. The number of aromatic nitrogens is 2. The highest BCUT2D eigenvalue weighted by molar-refractivity contribution is 7.10. The molecule has 0 radical (unpaired) electrons. The zero-order valence-corrected chi connectivity index (χ0v) is 14.4. The van der Waals surface area contributed by atoms with Gasteiger partial charge in [-0.3, -0.25) is 0 Å². The zero-order chi connectivity index (χ0) is 16.6. The summed E-state index contributed by atoms with van der Waals surface area (Å²) < 4.78 is 10.7. The van der Waals surface area contributed by atoms with Crippen molar-refractivity contribution < 1.29 is 9.47 Å². The maximum Gasteiger partial charge on any atom is 0.134 e. The van der Waals surface area contributed by atoms with Gasteiger partial charge in [-0.1, -0.05) is 13.8 Å². The van der Waals surface area contributed by atoms with Crippen LogP contribution in [0.4, 0.5) is 5.69 Å². The normalized spacial score (nSPS) is 11.2. The Balaban J connectivity index is 2.19. The highest BCUT2D eigenvalue weighted by Crippen LogP contribution is 2.36. The third-order valence-electron chi connectivity index (χ3n) is 3.61. The Bertz CT molecular complexity index is 858. The molecule has 0 fully saturated rings. The molecular formula is C17H19N3O2S. The standard InChI is InChI=1S/C17H19N3O2S/c1-9(2)17-20-14(8-23-17)12-7-11(18)16-13(19-12)5-10(21-3)6-15(16)22-4/h5-9H,1-4H3,(H2,18,19). The van der Waals surface area contributed by atoms with Crippen molar-refractivity contribution >= 4 is 27.9 Å². The van der Waals surface area contributed by atoms with Crippen LogP contribution in [0.15, 0.2) is 23.6 Å². The van der Waals surface area contributed by atoms with E-state index in [9.17, 15) is 0 Å². The summed E-state index contributed by atoms with van der Waals surface area (Å²) >= 11 is 1.64. The summed E-state index contributed by atoms with van der Waals surface area (Å²) in [5.74, 6) is 1.73. The Labute approximate surface area is 139 Å². The van der Waals surface area contributed by atoms with Crippen LogP contribution in [0.2, 0.25) is 0 Å². The lowest BCUT2D eigenvalue weighted by Gasteiger charge is -2.11. The molecule has 2 aromatic heterocycles. The van der Waals surface area contributed by atoms with Crippen LogP contribution in [0.1, 0.15) is 24.8 Å². The monoisotopic (exact) mass is 329 g/mol. The van der Waals surface area contributed by atoms with Crippen molar-refractivity contribution in [3.8, 4) is 22.9 Å². The number of rotatable bonds is 4. The van der Waals surface area contributed by atoms with Crippen LogP contribution < -0.4 is 15.2 Å². The summed E-state index contributed by atoms with van der Waals surface area (Å²) in [6.45, 7) is 4.25. The quantitative estimate of drug-likeness (QED) is 0.781. The first-order valence-corrected chi connectivity index (χ1v) is 8.19. The predicted molar refractivity (Wildman–Crippen MR) is 94.5 cm³/mol. The molecule has 0 aliphatic rings. The summed E-state index contributed by atoms with van der Waals surface area (Å²) in [4.78, 5) is 9.35. The van der Waals surface area contributed by atoms with E-state index in [2.05, 4.69) is 18.8 Å². The van der Waals surface area contributed by atoms with Gasteiger partial charge < -0.3 is 15.2 Å². The smallest absolute Gasteiger partial charge is 0.134 e. The third kappa shape index (κ3) is 2.82. The average molecular weight is 329 g/mol. The topological polar surface area (TPSA) is 70.3 Å². The van der Waals surface area contributed by atoms with Crippen LogP contribution in [-0.4, -0.2) is 24.2 Å². The summed E-state index contributed by atoms with van der Waals surface area (Å²) in [5.41, 5.74) is 9.19. The van der Waals surface area contributed by atoms with Crippen LogP contribution in [-0.2, 0) is 0 Å². The minimum atomic E-state index is 0.395. The van der Waals surface area contributed by atoms with Gasteiger partial charge >= 0.3 is 0 Å². The molecule has 0 atom stereocenters. The molecular weight excluding hydrogens is 310 g/mol. The Morgan fingerprint density at radius 1 is 1.04 bits per heavy atom. The molecule has 6 heteroatoms. The number of fused-ring (bicyclic) bond motifs is 1. The van der Waals surface area contributed by atoms with E-state index in [0.29, 0.717) is 23.1 Å². The minimum Gasteiger partial charge on any atom is -0.497 e. The molecule has 3 rings (SSSR count). The lowest BCUT2D eigenvalue weighted by molar-refractivity contribution is 0.398. The molecule has 2 heterocycles. The number of hydrogen-bond donors (Lipinski definition) is 1. The fraction of sp³-hybridized carbons (Fsp3) is 0.294. The van der Waals surface area contributed by atoms with Gasteiger partial charge in [-0.25, -0.2) is 9.97 Å². The van der Waals surface area contributed by atoms with E-state index in [1.807, 2.05) is 17.5 Å². The number of hydrogen-bond acceptors (Lipinski definition) is 6. The number of thiazole rings is 1. The van der Waals surface area contributed by atoms with Crippen LogP contribution >= 0.6 is 11.3 Å². The predicted octanol–water partition coefficient (Wildman–Crippen LogP) is 4.08. The fourth-order valence-corrected chi connectivity index (χ4v) is 3.25. The van der Waals surface area contributed by atoms with Crippen molar-refractivity contribution in [2.24, 2.45) is 0 Å². The van der Waals surface area contributed by atoms with Crippen molar-refractivity contribution in [2.75, 3.05) is 20.0 Å². The van der Waals surface area contributed by atoms with Crippen molar-refractivity contribution in [3.05, 3.63) is 28.6 Å². The van der Waals surface area contributed by atoms with Gasteiger partial charge in [0.1, 0.15) is 11.5 Å². The molecule has 0 amide bonds. The van der Waals surface area contributed by atoms with E-state index in [1.54, 1.807) is 31.6 Å². The van der Waals surface area contributed by atoms with Gasteiger partial charge in [-0.2, -0.15) is 0 Å². The first kappa shape index (κ1) is 15.6. The molecule has 0 aliphatic carbocycles. The molecule has 0 saturated carbocycles. The second-order valence-electron chi connectivity index (χ2n) is 5.55. The summed E-state index contributed by atoms with van der Waals surface area (Å²) in [5, 5.41) is 3.89. The molecule has 0 saturated heterocycles. The number of nitrogens with zero attached hydrogens (tertiary/aromatic N) is 2. The number of benzene rings is 1. The fourth-order valence-electron chi connectivity index (χ4n) is 2.42. The highest BCUT2D eigenvalue weighted by Gasteiger charge is 2.14. The number of anilines is 1. The second-order valence-corrected chi connectivity index (χ2v) is 6.44. The lowest BCUT2D eigenvalue weighted by atomic mass is 10.1. The molecule has 0 aliphatic heterocycles. The summed E-state index contributed by atoms with van der Waals surface area (Å²) in [6, 6.07) is 5.50. The van der Waals surface area contributed by atoms with E-state index in [-0.39, 0.29) is 0 Å². The van der Waals surface area contributed by atoms with Crippen LogP contribution in [0.25, 0.3) is 22.3 Å². The van der Waals surface area contributed by atoms with Crippen molar-refractivity contribution in [1.82, 2.24) is 9.97 Å². The van der Waals surface area contributed by atoms with Gasteiger partial charge in [-0.15, -0.1) is 11.3 Å². The van der Waals surface area contributed by atoms with E-state index in [1.165, 1.54) is 0 Å². The molecule has 23 heavy (non-hydrogen) atoms. The molecule has 0 spiro atoms. The Morgan fingerprint density at radius 2 is 1.83 bits per heavy atom. The van der Waals surface area contributed by atoms with Gasteiger partial charge in [0.25, 0.3) is 0 Å². The molecule has 120 valence electrons. The van der Waals surface area contributed by atoms with Gasteiger partial charge in [-0.05, 0) is 6.07 Å². The van der Waals surface area contributed by atoms with Gasteiger partial charge in [0.2, 0.25) is 0 Å². The maximum absolute atomic E-state index is 6.24. The molecule has 0 bridgehead atoms. The van der Waals surface area contributed by atoms with Crippen LogP contribution in [0, 0.1) is 0 Å². The maximum atomic E-state index is 6.24. The van der Waals surface area contributed by atoms with Gasteiger partial charge in [0, 0.05) is 29.1 Å². The molecule has 3 aromatic rings. The van der Waals surface area contributed by atoms with E-state index in [0.717, 1.165) is 27.3 Å². The Hall–Kier alpha value is -2.34. The number of methoxy groups -OCH3 is 2. The van der Waals surface area contributed by atoms with E-state index >= 15 is 0 Å². The average Bonchev–Trinajstić information content (AvgIpc) is 3.03. The number of nitrogens with two attached hydrogens (primary N) is 1. The first-order chi connectivity index (χ1) is 11.0. The SMILES string of the molecule is COc1cc(OC)c2c(N)cc(-c3csc(C(C)C)n3)nc2c1. The Morgan fingerprint density at radius 3 is 2.43 bits per heavy atom. The highest BCUT2D eigenvalue weighted by atomic mass is 32.1. The second kappa shape index (κ2) is 6.04.